The number of ether oxygens (including phenoxy) is 1. The third-order valence-corrected chi connectivity index (χ3v) is 4.24. The molecule has 0 spiro atoms. The number of hydrogen-bond acceptors (Lipinski definition) is 4. The van der Waals surface area contributed by atoms with Crippen molar-refractivity contribution in [2.24, 2.45) is 0 Å². The molecular formula is C21H24N4O3. The number of carbonyl (C=O) groups excluding carboxylic acids is 2. The van der Waals surface area contributed by atoms with Gasteiger partial charge in [-0.2, -0.15) is 0 Å². The quantitative estimate of drug-likeness (QED) is 0.659. The van der Waals surface area contributed by atoms with Gasteiger partial charge in [-0.1, -0.05) is 12.1 Å². The molecule has 146 valence electrons. The van der Waals surface area contributed by atoms with Gasteiger partial charge < -0.3 is 19.9 Å². The number of imidazole rings is 1. The Morgan fingerprint density at radius 2 is 1.86 bits per heavy atom. The number of aromatic nitrogens is 2. The number of amides is 2. The minimum atomic E-state index is -0.317. The Kier molecular flexibility index (Phi) is 5.93. The average Bonchev–Trinajstić information content (AvgIpc) is 3.02. The molecule has 3 aromatic rings. The zero-order valence-corrected chi connectivity index (χ0v) is 16.2. The number of para-hydroxylation sites is 2. The van der Waals surface area contributed by atoms with E-state index in [4.69, 9.17) is 4.74 Å². The van der Waals surface area contributed by atoms with Crippen molar-refractivity contribution in [3.05, 3.63) is 54.4 Å². The molecule has 3 rings (SSSR count). The van der Waals surface area contributed by atoms with Gasteiger partial charge in [0.15, 0.2) is 0 Å². The first-order valence-corrected chi connectivity index (χ1v) is 9.23. The van der Waals surface area contributed by atoms with Crippen LogP contribution in [0.1, 0.15) is 32.6 Å². The van der Waals surface area contributed by atoms with E-state index in [-0.39, 0.29) is 24.4 Å². The molecule has 7 heteroatoms. The van der Waals surface area contributed by atoms with E-state index in [0.717, 1.165) is 16.8 Å². The van der Waals surface area contributed by atoms with Gasteiger partial charge in [-0.05, 0) is 50.2 Å². The van der Waals surface area contributed by atoms with E-state index in [0.29, 0.717) is 18.1 Å². The van der Waals surface area contributed by atoms with Crippen molar-refractivity contribution in [2.45, 2.75) is 33.4 Å². The second-order valence-electron chi connectivity index (χ2n) is 6.47. The van der Waals surface area contributed by atoms with E-state index in [1.165, 1.54) is 6.92 Å². The Bertz CT molecular complexity index is 979. The molecule has 0 radical (unpaired) electrons. The van der Waals surface area contributed by atoms with Crippen LogP contribution in [-0.4, -0.2) is 28.0 Å². The summed E-state index contributed by atoms with van der Waals surface area (Å²) in [6.07, 6.45) is 0. The summed E-state index contributed by atoms with van der Waals surface area (Å²) in [7, 11) is 0. The highest BCUT2D eigenvalue weighted by Crippen LogP contribution is 2.21. The fourth-order valence-corrected chi connectivity index (χ4v) is 3.11. The molecule has 0 aliphatic rings. The largest absolute Gasteiger partial charge is 0.494 e. The zero-order chi connectivity index (χ0) is 20.1. The molecule has 0 aliphatic heterocycles. The lowest BCUT2D eigenvalue weighted by Gasteiger charge is -2.15. The van der Waals surface area contributed by atoms with E-state index in [2.05, 4.69) is 15.6 Å². The molecule has 1 heterocycles. The molecule has 7 nitrogen and oxygen atoms in total. The standard InChI is InChI=1S/C21H24N4O3/c1-4-28-17-11-9-16(10-12-17)23-20(27)13-25-19-8-6-5-7-18(19)24-21(25)14(2)22-15(3)26/h5-12,14H,4,13H2,1-3H3,(H,22,26)(H,23,27). The summed E-state index contributed by atoms with van der Waals surface area (Å²) < 4.78 is 7.25. The van der Waals surface area contributed by atoms with Crippen molar-refractivity contribution in [3.8, 4) is 5.75 Å². The van der Waals surface area contributed by atoms with Gasteiger partial charge in [0.05, 0.1) is 23.7 Å². The number of rotatable bonds is 7. The van der Waals surface area contributed by atoms with Crippen molar-refractivity contribution in [2.75, 3.05) is 11.9 Å². The molecule has 1 unspecified atom stereocenters. The number of carbonyl (C=O) groups is 2. The van der Waals surface area contributed by atoms with Gasteiger partial charge in [-0.15, -0.1) is 0 Å². The van der Waals surface area contributed by atoms with Crippen LogP contribution in [0.15, 0.2) is 48.5 Å². The first-order chi connectivity index (χ1) is 13.5. The van der Waals surface area contributed by atoms with Gasteiger partial charge in [0.25, 0.3) is 0 Å². The summed E-state index contributed by atoms with van der Waals surface area (Å²) in [6.45, 7) is 5.91. The molecule has 0 bridgehead atoms. The van der Waals surface area contributed by atoms with Crippen LogP contribution in [0.5, 0.6) is 5.75 Å². The van der Waals surface area contributed by atoms with E-state index < -0.39 is 0 Å². The van der Waals surface area contributed by atoms with Crippen LogP contribution in [0.2, 0.25) is 0 Å². The molecule has 28 heavy (non-hydrogen) atoms. The lowest BCUT2D eigenvalue weighted by Crippen LogP contribution is -2.28. The average molecular weight is 380 g/mol. The first kappa shape index (κ1) is 19.4. The van der Waals surface area contributed by atoms with Gasteiger partial charge in [0.1, 0.15) is 18.1 Å². The van der Waals surface area contributed by atoms with Crippen molar-refractivity contribution < 1.29 is 14.3 Å². The number of benzene rings is 2. The number of nitrogens with one attached hydrogen (secondary N) is 2. The normalized spacial score (nSPS) is 11.8. The Morgan fingerprint density at radius 1 is 1.14 bits per heavy atom. The van der Waals surface area contributed by atoms with Crippen molar-refractivity contribution in [1.29, 1.82) is 0 Å². The molecule has 2 amide bonds. The van der Waals surface area contributed by atoms with E-state index >= 15 is 0 Å². The van der Waals surface area contributed by atoms with E-state index in [1.807, 2.05) is 54.8 Å². The van der Waals surface area contributed by atoms with Crippen molar-refractivity contribution in [1.82, 2.24) is 14.9 Å². The monoisotopic (exact) mass is 380 g/mol. The van der Waals surface area contributed by atoms with Crippen LogP contribution >= 0.6 is 0 Å². The fraction of sp³-hybridized carbons (Fsp3) is 0.286. The lowest BCUT2D eigenvalue weighted by atomic mass is 10.3. The maximum Gasteiger partial charge on any atom is 0.244 e. The molecular weight excluding hydrogens is 356 g/mol. The summed E-state index contributed by atoms with van der Waals surface area (Å²) in [5, 5.41) is 5.72. The number of anilines is 1. The fourth-order valence-electron chi connectivity index (χ4n) is 3.11. The predicted octanol–water partition coefficient (Wildman–Crippen LogP) is 3.27. The maximum absolute atomic E-state index is 12.7. The van der Waals surface area contributed by atoms with Crippen LogP contribution < -0.4 is 15.4 Å². The number of nitrogens with zero attached hydrogens (tertiary/aromatic N) is 2. The Balaban J connectivity index is 1.81. The Labute approximate surface area is 163 Å². The summed E-state index contributed by atoms with van der Waals surface area (Å²) >= 11 is 0. The van der Waals surface area contributed by atoms with Crippen molar-refractivity contribution in [3.63, 3.8) is 0 Å². The highest BCUT2D eigenvalue weighted by atomic mass is 16.5. The molecule has 0 aliphatic carbocycles. The van der Waals surface area contributed by atoms with Crippen LogP contribution in [0.3, 0.4) is 0 Å². The third kappa shape index (κ3) is 4.49. The smallest absolute Gasteiger partial charge is 0.244 e. The second kappa shape index (κ2) is 8.56. The SMILES string of the molecule is CCOc1ccc(NC(=O)Cn2c(C(C)NC(C)=O)nc3ccccc32)cc1. The van der Waals surface area contributed by atoms with Crippen LogP contribution in [0, 0.1) is 0 Å². The predicted molar refractivity (Wildman–Crippen MR) is 108 cm³/mol. The second-order valence-corrected chi connectivity index (χ2v) is 6.47. The van der Waals surface area contributed by atoms with Crippen LogP contribution in [0.25, 0.3) is 11.0 Å². The molecule has 0 saturated carbocycles. The van der Waals surface area contributed by atoms with E-state index in [1.54, 1.807) is 12.1 Å². The molecule has 1 aromatic heterocycles. The Morgan fingerprint density at radius 3 is 2.54 bits per heavy atom. The summed E-state index contributed by atoms with van der Waals surface area (Å²) in [4.78, 5) is 28.7. The molecule has 0 saturated heterocycles. The summed E-state index contributed by atoms with van der Waals surface area (Å²) in [6, 6.07) is 14.5. The minimum Gasteiger partial charge on any atom is -0.494 e. The van der Waals surface area contributed by atoms with Gasteiger partial charge in [-0.25, -0.2) is 4.98 Å². The van der Waals surface area contributed by atoms with Gasteiger partial charge in [0.2, 0.25) is 11.8 Å². The van der Waals surface area contributed by atoms with E-state index in [9.17, 15) is 9.59 Å². The zero-order valence-electron chi connectivity index (χ0n) is 16.2. The van der Waals surface area contributed by atoms with Crippen molar-refractivity contribution >= 4 is 28.5 Å². The molecule has 0 fully saturated rings. The first-order valence-electron chi connectivity index (χ1n) is 9.23. The lowest BCUT2D eigenvalue weighted by molar-refractivity contribution is -0.119. The van der Waals surface area contributed by atoms with Gasteiger partial charge in [0, 0.05) is 12.6 Å². The number of hydrogen-bond donors (Lipinski definition) is 2. The number of fused-ring (bicyclic) bond motifs is 1. The third-order valence-electron chi connectivity index (χ3n) is 4.24. The highest BCUT2D eigenvalue weighted by Gasteiger charge is 2.19. The topological polar surface area (TPSA) is 85.2 Å². The molecule has 2 N–H and O–H groups in total. The van der Waals surface area contributed by atoms with Gasteiger partial charge in [-0.3, -0.25) is 9.59 Å². The summed E-state index contributed by atoms with van der Waals surface area (Å²) in [5.41, 5.74) is 2.31. The van der Waals surface area contributed by atoms with Gasteiger partial charge >= 0.3 is 0 Å². The van der Waals surface area contributed by atoms with Crippen LogP contribution in [0.4, 0.5) is 5.69 Å². The molecule has 1 atom stereocenters. The maximum atomic E-state index is 12.7. The Hall–Kier alpha value is -3.35. The highest BCUT2D eigenvalue weighted by molar-refractivity contribution is 5.91. The molecule has 2 aromatic carbocycles. The minimum absolute atomic E-state index is 0.0903. The summed E-state index contributed by atoms with van der Waals surface area (Å²) in [5.74, 6) is 1.07. The van der Waals surface area contributed by atoms with Crippen LogP contribution in [-0.2, 0) is 16.1 Å².